The van der Waals surface area contributed by atoms with Crippen molar-refractivity contribution in [1.29, 1.82) is 0 Å². The number of non-ortho nitro benzene ring substituents is 1. The fourth-order valence-electron chi connectivity index (χ4n) is 2.49. The minimum absolute atomic E-state index is 0. The van der Waals surface area contributed by atoms with E-state index in [1.165, 1.54) is 0 Å². The van der Waals surface area contributed by atoms with Gasteiger partial charge in [0, 0.05) is 18.7 Å². The predicted molar refractivity (Wildman–Crippen MR) is 86.1 cm³/mol. The Morgan fingerprint density at radius 3 is 2.56 bits per heavy atom. The molecule has 7 nitrogen and oxygen atoms in total. The van der Waals surface area contributed by atoms with E-state index in [2.05, 4.69) is 10.0 Å². The molecule has 0 amide bonds. The zero-order chi connectivity index (χ0) is 18.0. The van der Waals surface area contributed by atoms with Crippen LogP contribution in [-0.2, 0) is 16.2 Å². The highest BCUT2D eigenvalue weighted by molar-refractivity contribution is 7.89. The normalized spacial score (nSPS) is 18.4. The Balaban J connectivity index is 0.00000312. The van der Waals surface area contributed by atoms with Gasteiger partial charge in [-0.3, -0.25) is 10.1 Å². The highest BCUT2D eigenvalue weighted by Gasteiger charge is 2.38. The average molecular weight is 404 g/mol. The van der Waals surface area contributed by atoms with Gasteiger partial charge in [-0.15, -0.1) is 12.4 Å². The molecule has 0 spiro atoms. The third-order valence-electron chi connectivity index (χ3n) is 3.73. The Morgan fingerprint density at radius 1 is 1.36 bits per heavy atom. The Morgan fingerprint density at radius 2 is 2.04 bits per heavy atom. The second-order valence-electron chi connectivity index (χ2n) is 5.50. The Kier molecular flexibility index (Phi) is 7.18. The molecule has 1 fully saturated rings. The third-order valence-corrected chi connectivity index (χ3v) is 5.21. The first-order valence-electron chi connectivity index (χ1n) is 7.17. The lowest BCUT2D eigenvalue weighted by Crippen LogP contribution is -2.38. The van der Waals surface area contributed by atoms with Crippen LogP contribution in [0, 0.1) is 16.0 Å². The monoisotopic (exact) mass is 403 g/mol. The van der Waals surface area contributed by atoms with E-state index in [-0.39, 0.29) is 30.9 Å². The largest absolute Gasteiger partial charge is 0.417 e. The SMILES string of the molecule is Cl.O=[N+]([O-])c1ccc(S(=O)(=O)NCC2CCCNC2)c(C(F)(F)F)c1. The number of nitrogens with zero attached hydrogens (tertiary/aromatic N) is 1. The number of alkyl halides is 3. The van der Waals surface area contributed by atoms with Gasteiger partial charge in [0.2, 0.25) is 10.0 Å². The van der Waals surface area contributed by atoms with Gasteiger partial charge in [0.1, 0.15) is 0 Å². The highest BCUT2D eigenvalue weighted by Crippen LogP contribution is 2.36. The van der Waals surface area contributed by atoms with Gasteiger partial charge in [0.25, 0.3) is 5.69 Å². The number of hydrogen-bond acceptors (Lipinski definition) is 5. The smallest absolute Gasteiger partial charge is 0.316 e. The van der Waals surface area contributed by atoms with Gasteiger partial charge in [0.15, 0.2) is 0 Å². The van der Waals surface area contributed by atoms with E-state index in [1.807, 2.05) is 0 Å². The maximum Gasteiger partial charge on any atom is 0.417 e. The summed E-state index contributed by atoms with van der Waals surface area (Å²) in [5, 5.41) is 13.7. The molecule has 1 aromatic rings. The minimum atomic E-state index is -5.03. The van der Waals surface area contributed by atoms with Crippen LogP contribution < -0.4 is 10.0 Å². The standard InChI is InChI=1S/C13H16F3N3O4S.ClH/c14-13(15,16)11-6-10(19(20)21)3-4-12(11)24(22,23)18-8-9-2-1-5-17-7-9;/h3-4,6,9,17-18H,1-2,5,7-8H2;1H. The van der Waals surface area contributed by atoms with Crippen LogP contribution in [0.3, 0.4) is 0 Å². The van der Waals surface area contributed by atoms with Crippen LogP contribution in [0.5, 0.6) is 0 Å². The molecule has 1 saturated heterocycles. The second kappa shape index (κ2) is 8.30. The Bertz CT molecular complexity index is 722. The van der Waals surface area contributed by atoms with Gasteiger partial charge < -0.3 is 5.32 Å². The van der Waals surface area contributed by atoms with Crippen LogP contribution >= 0.6 is 12.4 Å². The van der Waals surface area contributed by atoms with Gasteiger partial charge in [-0.2, -0.15) is 13.2 Å². The zero-order valence-corrected chi connectivity index (χ0v) is 14.5. The molecule has 1 aliphatic rings. The number of piperidine rings is 1. The van der Waals surface area contributed by atoms with Crippen molar-refractivity contribution in [3.8, 4) is 0 Å². The number of rotatable bonds is 5. The highest BCUT2D eigenvalue weighted by atomic mass is 35.5. The summed E-state index contributed by atoms with van der Waals surface area (Å²) in [6.45, 7) is 1.41. The van der Waals surface area contributed by atoms with Crippen LogP contribution in [0.4, 0.5) is 18.9 Å². The molecule has 12 heteroatoms. The van der Waals surface area contributed by atoms with Crippen LogP contribution in [0.15, 0.2) is 23.1 Å². The third kappa shape index (κ3) is 5.53. The lowest BCUT2D eigenvalue weighted by Gasteiger charge is -2.23. The number of hydrogen-bond donors (Lipinski definition) is 2. The summed E-state index contributed by atoms with van der Waals surface area (Å²) in [5.74, 6) is -0.0130. The molecule has 1 aliphatic heterocycles. The van der Waals surface area contributed by atoms with Crippen LogP contribution in [0.1, 0.15) is 18.4 Å². The zero-order valence-electron chi connectivity index (χ0n) is 12.9. The number of sulfonamides is 1. The second-order valence-corrected chi connectivity index (χ2v) is 7.23. The molecule has 2 rings (SSSR count). The number of halogens is 4. The van der Waals surface area contributed by atoms with Crippen molar-refractivity contribution >= 4 is 28.1 Å². The lowest BCUT2D eigenvalue weighted by molar-refractivity contribution is -0.385. The molecule has 0 saturated carbocycles. The maximum atomic E-state index is 13.1. The van der Waals surface area contributed by atoms with E-state index < -0.39 is 37.3 Å². The van der Waals surface area contributed by atoms with Crippen LogP contribution in [0.2, 0.25) is 0 Å². The number of nitrogens with one attached hydrogen (secondary N) is 2. The molecule has 0 radical (unpaired) electrons. The molecule has 1 unspecified atom stereocenters. The van der Waals surface area contributed by atoms with Crippen molar-refractivity contribution in [2.45, 2.75) is 23.9 Å². The van der Waals surface area contributed by atoms with Gasteiger partial charge in [-0.25, -0.2) is 13.1 Å². The fourth-order valence-corrected chi connectivity index (χ4v) is 3.81. The minimum Gasteiger partial charge on any atom is -0.316 e. The molecule has 2 N–H and O–H groups in total. The summed E-state index contributed by atoms with van der Waals surface area (Å²) < 4.78 is 65.9. The Labute approximate surface area is 148 Å². The summed E-state index contributed by atoms with van der Waals surface area (Å²) in [4.78, 5) is 8.62. The summed E-state index contributed by atoms with van der Waals surface area (Å²) >= 11 is 0. The van der Waals surface area contributed by atoms with E-state index in [4.69, 9.17) is 0 Å². The Hall–Kier alpha value is -1.43. The quantitative estimate of drug-likeness (QED) is 0.580. The molecule has 0 aliphatic carbocycles. The van der Waals surface area contributed by atoms with Crippen molar-refractivity contribution in [1.82, 2.24) is 10.0 Å². The summed E-state index contributed by atoms with van der Waals surface area (Å²) in [7, 11) is -4.44. The van der Waals surface area contributed by atoms with E-state index in [0.717, 1.165) is 25.5 Å². The van der Waals surface area contributed by atoms with E-state index in [9.17, 15) is 31.7 Å². The van der Waals surface area contributed by atoms with Crippen LogP contribution in [0.25, 0.3) is 0 Å². The van der Waals surface area contributed by atoms with Crippen molar-refractivity contribution in [2.24, 2.45) is 5.92 Å². The molecule has 1 atom stereocenters. The van der Waals surface area contributed by atoms with Crippen molar-refractivity contribution in [3.05, 3.63) is 33.9 Å². The van der Waals surface area contributed by atoms with E-state index in [1.54, 1.807) is 0 Å². The topological polar surface area (TPSA) is 101 Å². The molecule has 25 heavy (non-hydrogen) atoms. The first-order valence-corrected chi connectivity index (χ1v) is 8.65. The fraction of sp³-hybridized carbons (Fsp3) is 0.538. The number of benzene rings is 1. The van der Waals surface area contributed by atoms with Gasteiger partial charge >= 0.3 is 6.18 Å². The molecule has 0 bridgehead atoms. The predicted octanol–water partition coefficient (Wildman–Crippen LogP) is 2.31. The molecular formula is C13H17ClF3N3O4S. The summed E-state index contributed by atoms with van der Waals surface area (Å²) in [5.41, 5.74) is -2.37. The van der Waals surface area contributed by atoms with Gasteiger partial charge in [-0.05, 0) is 37.9 Å². The average Bonchev–Trinajstić information content (AvgIpc) is 2.52. The first kappa shape index (κ1) is 21.6. The maximum absolute atomic E-state index is 13.1. The molecule has 1 aromatic carbocycles. The van der Waals surface area contributed by atoms with Crippen LogP contribution in [-0.4, -0.2) is 33.0 Å². The van der Waals surface area contributed by atoms with Gasteiger partial charge in [-0.1, -0.05) is 0 Å². The van der Waals surface area contributed by atoms with Gasteiger partial charge in [0.05, 0.1) is 15.4 Å². The summed E-state index contributed by atoms with van der Waals surface area (Å²) in [6, 6.07) is 1.59. The molecule has 0 aromatic heterocycles. The lowest BCUT2D eigenvalue weighted by atomic mass is 10.0. The molecular weight excluding hydrogens is 387 g/mol. The van der Waals surface area contributed by atoms with Crippen molar-refractivity contribution in [3.63, 3.8) is 0 Å². The molecule has 1 heterocycles. The summed E-state index contributed by atoms with van der Waals surface area (Å²) in [6.07, 6.45) is -3.40. The van der Waals surface area contributed by atoms with E-state index in [0.29, 0.717) is 12.6 Å². The molecule has 142 valence electrons. The number of nitro groups is 1. The van der Waals surface area contributed by atoms with Crippen molar-refractivity contribution in [2.75, 3.05) is 19.6 Å². The van der Waals surface area contributed by atoms with Crippen molar-refractivity contribution < 1.29 is 26.5 Å². The first-order chi connectivity index (χ1) is 11.1. The van der Waals surface area contributed by atoms with E-state index >= 15 is 0 Å². The number of nitro benzene ring substituents is 1.